The van der Waals surface area contributed by atoms with Crippen molar-refractivity contribution in [2.45, 2.75) is 99.9 Å². The molecular weight excluding hydrogens is 618 g/mol. The van der Waals surface area contributed by atoms with Crippen LogP contribution in [0.2, 0.25) is 5.02 Å². The molecule has 0 saturated heterocycles. The zero-order valence-corrected chi connectivity index (χ0v) is 28.3. The number of sulfonamides is 2. The van der Waals surface area contributed by atoms with Gasteiger partial charge < -0.3 is 5.32 Å². The Labute approximate surface area is 269 Å². The van der Waals surface area contributed by atoms with Gasteiger partial charge in [-0.3, -0.25) is 4.79 Å². The molecule has 2 fully saturated rings. The van der Waals surface area contributed by atoms with Gasteiger partial charge in [0.15, 0.2) is 5.78 Å². The first-order chi connectivity index (χ1) is 21.0. The van der Waals surface area contributed by atoms with Crippen LogP contribution in [-0.2, 0) is 31.4 Å². The van der Waals surface area contributed by atoms with E-state index >= 15 is 0 Å². The first-order valence-corrected chi connectivity index (χ1v) is 19.0. The quantitative estimate of drug-likeness (QED) is 0.218. The topological polar surface area (TPSA) is 104 Å². The number of nitrogens with zero attached hydrogens (tertiary/aromatic N) is 2. The van der Waals surface area contributed by atoms with E-state index in [1.165, 1.54) is 41.9 Å². The Morgan fingerprint density at radius 1 is 0.864 bits per heavy atom. The Morgan fingerprint density at radius 3 is 2.00 bits per heavy atom. The number of benzene rings is 2. The smallest absolute Gasteiger partial charge is 0.243 e. The second-order valence-electron chi connectivity index (χ2n) is 12.1. The predicted molar refractivity (Wildman–Crippen MR) is 175 cm³/mol. The van der Waals surface area contributed by atoms with Crippen molar-refractivity contribution in [1.29, 1.82) is 0 Å². The van der Waals surface area contributed by atoms with E-state index in [9.17, 15) is 21.6 Å². The molecule has 0 aromatic heterocycles. The Bertz CT molecular complexity index is 1480. The van der Waals surface area contributed by atoms with Gasteiger partial charge in [-0.05, 0) is 93.3 Å². The van der Waals surface area contributed by atoms with Gasteiger partial charge >= 0.3 is 0 Å². The molecule has 2 saturated carbocycles. The fraction of sp³-hybridized carbons (Fsp3) is 0.545. The van der Waals surface area contributed by atoms with E-state index in [0.717, 1.165) is 56.9 Å². The lowest BCUT2D eigenvalue weighted by Gasteiger charge is -2.30. The van der Waals surface area contributed by atoms with Crippen molar-refractivity contribution in [2.24, 2.45) is 5.92 Å². The van der Waals surface area contributed by atoms with Crippen LogP contribution in [0.25, 0.3) is 0 Å². The van der Waals surface area contributed by atoms with Crippen molar-refractivity contribution in [3.05, 3.63) is 70.9 Å². The summed E-state index contributed by atoms with van der Waals surface area (Å²) < 4.78 is 59.0. The summed E-state index contributed by atoms with van der Waals surface area (Å²) in [4.78, 5) is 12.2. The first kappa shape index (κ1) is 34.6. The number of ketones is 1. The van der Waals surface area contributed by atoms with E-state index in [-0.39, 0.29) is 40.6 Å². The fourth-order valence-corrected chi connectivity index (χ4v) is 9.73. The molecule has 2 aliphatic rings. The third-order valence-corrected chi connectivity index (χ3v) is 12.9. The molecule has 2 aliphatic carbocycles. The molecule has 0 aliphatic heterocycles. The molecule has 242 valence electrons. The minimum absolute atomic E-state index is 0.0412. The van der Waals surface area contributed by atoms with Crippen molar-refractivity contribution in [1.82, 2.24) is 13.9 Å². The lowest BCUT2D eigenvalue weighted by Crippen LogP contribution is -2.38. The Hall–Kier alpha value is -2.24. The highest BCUT2D eigenvalue weighted by molar-refractivity contribution is 7.89. The molecule has 0 spiro atoms. The van der Waals surface area contributed by atoms with E-state index in [0.29, 0.717) is 30.0 Å². The number of nitrogens with one attached hydrogen (secondary N) is 1. The average Bonchev–Trinajstić information content (AvgIpc) is 3.55. The Kier molecular flexibility index (Phi) is 12.5. The largest absolute Gasteiger partial charge is 0.394 e. The molecule has 0 bridgehead atoms. The monoisotopic (exact) mass is 663 g/mol. The summed E-state index contributed by atoms with van der Waals surface area (Å²) in [5.41, 5.74) is 1.47. The van der Waals surface area contributed by atoms with Crippen LogP contribution >= 0.6 is 11.6 Å². The van der Waals surface area contributed by atoms with E-state index in [1.54, 1.807) is 29.7 Å². The molecule has 1 N–H and O–H groups in total. The van der Waals surface area contributed by atoms with E-state index in [2.05, 4.69) is 5.32 Å². The van der Waals surface area contributed by atoms with Gasteiger partial charge in [0.05, 0.1) is 9.79 Å². The third kappa shape index (κ3) is 8.94. The van der Waals surface area contributed by atoms with Gasteiger partial charge in [0.2, 0.25) is 20.0 Å². The van der Waals surface area contributed by atoms with Crippen molar-refractivity contribution >= 4 is 37.4 Å². The van der Waals surface area contributed by atoms with Crippen LogP contribution in [-0.4, -0.2) is 57.4 Å². The summed E-state index contributed by atoms with van der Waals surface area (Å²) >= 11 is 6.05. The van der Waals surface area contributed by atoms with Crippen LogP contribution in [0.3, 0.4) is 0 Å². The minimum atomic E-state index is -3.89. The first-order valence-electron chi connectivity index (χ1n) is 15.8. The molecule has 4 rings (SSSR count). The molecule has 11 heteroatoms. The van der Waals surface area contributed by atoms with Crippen LogP contribution in [0.4, 0.5) is 0 Å². The summed E-state index contributed by atoms with van der Waals surface area (Å²) in [5.74, 6) is 0.242. The zero-order chi connectivity index (χ0) is 31.7. The lowest BCUT2D eigenvalue weighted by atomic mass is 9.89. The summed E-state index contributed by atoms with van der Waals surface area (Å²) in [6, 6.07) is 12.8. The molecule has 0 radical (unpaired) electrons. The summed E-state index contributed by atoms with van der Waals surface area (Å²) in [6.45, 7) is 2.44. The van der Waals surface area contributed by atoms with E-state index < -0.39 is 20.0 Å². The van der Waals surface area contributed by atoms with Gasteiger partial charge in [0.25, 0.3) is 0 Å². The SMILES string of the molecule is CN/C=C(\CCCN(CC1CCCCC1)S(=O)(=O)c1ccc(S(=O)(=O)N(Cc2ccc(Cl)cc2)C2CCCC2)cc1)C(C)=O. The van der Waals surface area contributed by atoms with Gasteiger partial charge in [0, 0.05) is 49.5 Å². The van der Waals surface area contributed by atoms with Gasteiger partial charge in [0.1, 0.15) is 0 Å². The van der Waals surface area contributed by atoms with Crippen molar-refractivity contribution in [2.75, 3.05) is 20.1 Å². The maximum atomic E-state index is 14.0. The third-order valence-electron chi connectivity index (χ3n) is 8.86. The molecule has 2 aromatic rings. The van der Waals surface area contributed by atoms with E-state index in [4.69, 9.17) is 11.6 Å². The molecule has 0 amide bonds. The number of halogens is 1. The molecule has 8 nitrogen and oxygen atoms in total. The number of carbonyl (C=O) groups is 1. The maximum absolute atomic E-state index is 14.0. The highest BCUT2D eigenvalue weighted by atomic mass is 35.5. The standard InChI is InChI=1S/C33H46ClN3O5S2/c1-26(38)29(23-35-2)11-8-22-36(24-27-9-4-3-5-10-27)43(39,40)32-18-20-33(21-19-32)44(41,42)37(31-12-6-7-13-31)25-28-14-16-30(34)17-15-28/h14-21,23,27,31,35H,3-13,22,24-25H2,1-2H3/b29-23+. The van der Waals surface area contributed by atoms with Crippen molar-refractivity contribution in [3.8, 4) is 0 Å². The normalized spacial score (nSPS) is 17.4. The molecular formula is C33H46ClN3O5S2. The number of allylic oxidation sites excluding steroid dienone is 1. The summed E-state index contributed by atoms with van der Waals surface area (Å²) in [5, 5.41) is 3.48. The highest BCUT2D eigenvalue weighted by Crippen LogP contribution is 2.32. The van der Waals surface area contributed by atoms with Crippen LogP contribution in [0.15, 0.2) is 70.1 Å². The van der Waals surface area contributed by atoms with Gasteiger partial charge in [-0.25, -0.2) is 16.8 Å². The van der Waals surface area contributed by atoms with Crippen molar-refractivity contribution < 1.29 is 21.6 Å². The number of Topliss-reactive ketones (excluding diaryl/α,β-unsaturated/α-hetero) is 1. The minimum Gasteiger partial charge on any atom is -0.394 e. The van der Waals surface area contributed by atoms with Crippen LogP contribution in [0.5, 0.6) is 0 Å². The second kappa shape index (κ2) is 15.9. The molecule has 44 heavy (non-hydrogen) atoms. The van der Waals surface area contributed by atoms with Gasteiger partial charge in [-0.2, -0.15) is 8.61 Å². The number of hydrogen-bond acceptors (Lipinski definition) is 6. The number of hydrogen-bond donors (Lipinski definition) is 1. The lowest BCUT2D eigenvalue weighted by molar-refractivity contribution is -0.113. The number of rotatable bonds is 15. The number of carbonyl (C=O) groups excluding carboxylic acids is 1. The maximum Gasteiger partial charge on any atom is 0.243 e. The van der Waals surface area contributed by atoms with Crippen LogP contribution in [0.1, 0.15) is 83.1 Å². The molecule has 2 aromatic carbocycles. The second-order valence-corrected chi connectivity index (χ2v) is 16.3. The van der Waals surface area contributed by atoms with Crippen LogP contribution < -0.4 is 5.32 Å². The fourth-order valence-electron chi connectivity index (χ4n) is 6.38. The van der Waals surface area contributed by atoms with Crippen molar-refractivity contribution in [3.63, 3.8) is 0 Å². The summed E-state index contributed by atoms with van der Waals surface area (Å²) in [7, 11) is -6.04. The van der Waals surface area contributed by atoms with Crippen LogP contribution in [0, 0.1) is 5.92 Å². The summed E-state index contributed by atoms with van der Waals surface area (Å²) in [6.07, 6.45) is 11.5. The highest BCUT2D eigenvalue weighted by Gasteiger charge is 2.34. The molecule has 0 heterocycles. The molecule has 0 unspecified atom stereocenters. The predicted octanol–water partition coefficient (Wildman–Crippen LogP) is 6.52. The van der Waals surface area contributed by atoms with Gasteiger partial charge in [-0.15, -0.1) is 0 Å². The zero-order valence-electron chi connectivity index (χ0n) is 25.9. The average molecular weight is 664 g/mol. The Morgan fingerprint density at radius 2 is 1.43 bits per heavy atom. The van der Waals surface area contributed by atoms with Gasteiger partial charge in [-0.1, -0.05) is 55.8 Å². The Balaban J connectivity index is 1.56. The molecule has 0 atom stereocenters. The van der Waals surface area contributed by atoms with E-state index in [1.807, 2.05) is 12.1 Å².